The van der Waals surface area contributed by atoms with E-state index >= 15 is 0 Å². The summed E-state index contributed by atoms with van der Waals surface area (Å²) in [5.41, 5.74) is 5.27. The normalized spacial score (nSPS) is 14.0. The van der Waals surface area contributed by atoms with E-state index < -0.39 is 32.5 Å². The molecule has 10 heteroatoms. The van der Waals surface area contributed by atoms with Crippen LogP contribution >= 0.6 is 7.82 Å². The van der Waals surface area contributed by atoms with Gasteiger partial charge in [0, 0.05) is 19.4 Å². The van der Waals surface area contributed by atoms with Crippen LogP contribution in [-0.4, -0.2) is 49.3 Å². The molecule has 0 amide bonds. The molecule has 2 unspecified atom stereocenters. The molecule has 0 spiro atoms. The van der Waals surface area contributed by atoms with E-state index in [1.54, 1.807) is 0 Å². The highest BCUT2D eigenvalue weighted by Crippen LogP contribution is 2.43. The summed E-state index contributed by atoms with van der Waals surface area (Å²) < 4.78 is 32.1. The number of carbonyl (C=O) groups excluding carboxylic acids is 2. The Bertz CT molecular complexity index is 629. The second-order valence-electron chi connectivity index (χ2n) is 8.91. The zero-order valence-corrected chi connectivity index (χ0v) is 23.4. The molecule has 0 aliphatic rings. The van der Waals surface area contributed by atoms with E-state index in [0.717, 1.165) is 64.2 Å². The van der Waals surface area contributed by atoms with Crippen molar-refractivity contribution in [2.75, 3.05) is 26.4 Å². The molecule has 0 saturated heterocycles. The summed E-state index contributed by atoms with van der Waals surface area (Å²) in [4.78, 5) is 34.0. The van der Waals surface area contributed by atoms with Gasteiger partial charge in [-0.1, -0.05) is 77.4 Å². The number of phosphoric ester groups is 1. The van der Waals surface area contributed by atoms with Crippen LogP contribution in [0.1, 0.15) is 110 Å². The van der Waals surface area contributed by atoms with Crippen LogP contribution in [0, 0.1) is 0 Å². The molecule has 36 heavy (non-hydrogen) atoms. The molecule has 2 atom stereocenters. The van der Waals surface area contributed by atoms with Crippen LogP contribution < -0.4 is 5.73 Å². The molecule has 0 radical (unpaired) electrons. The number of hydrogen-bond acceptors (Lipinski definition) is 8. The minimum Gasteiger partial charge on any atom is -0.462 e. The minimum absolute atomic E-state index is 0.0532. The SMILES string of the molecule is CCCC/C=C\CCCCCCCC(=O)OC(COC(=O)CCCCCC)COP(=O)(O)OCCN. The molecule has 9 nitrogen and oxygen atoms in total. The summed E-state index contributed by atoms with van der Waals surface area (Å²) in [5, 5.41) is 0. The third kappa shape index (κ3) is 23.2. The van der Waals surface area contributed by atoms with E-state index in [2.05, 4.69) is 26.0 Å². The molecular weight excluding hydrogens is 485 g/mol. The largest absolute Gasteiger partial charge is 0.472 e. The Morgan fingerprint density at radius 3 is 2.06 bits per heavy atom. The van der Waals surface area contributed by atoms with Gasteiger partial charge in [0.2, 0.25) is 0 Å². The van der Waals surface area contributed by atoms with Crippen molar-refractivity contribution in [3.05, 3.63) is 12.2 Å². The zero-order valence-electron chi connectivity index (χ0n) is 22.5. The van der Waals surface area contributed by atoms with Crippen LogP contribution in [0.5, 0.6) is 0 Å². The van der Waals surface area contributed by atoms with Crippen LogP contribution in [-0.2, 0) is 32.7 Å². The van der Waals surface area contributed by atoms with Crippen molar-refractivity contribution in [3.8, 4) is 0 Å². The van der Waals surface area contributed by atoms with Gasteiger partial charge in [-0.3, -0.25) is 18.6 Å². The molecule has 0 fully saturated rings. The molecule has 0 bridgehead atoms. The number of esters is 2. The van der Waals surface area contributed by atoms with Crippen molar-refractivity contribution in [1.82, 2.24) is 0 Å². The lowest BCUT2D eigenvalue weighted by Gasteiger charge is -2.19. The Kier molecular flexibility index (Phi) is 23.3. The Hall–Kier alpha value is -1.25. The van der Waals surface area contributed by atoms with Gasteiger partial charge >= 0.3 is 19.8 Å². The average molecular weight is 536 g/mol. The number of nitrogens with two attached hydrogens (primary N) is 1. The smallest absolute Gasteiger partial charge is 0.462 e. The van der Waals surface area contributed by atoms with Crippen molar-refractivity contribution in [1.29, 1.82) is 0 Å². The Morgan fingerprint density at radius 1 is 0.806 bits per heavy atom. The van der Waals surface area contributed by atoms with Gasteiger partial charge in [-0.25, -0.2) is 4.57 Å². The van der Waals surface area contributed by atoms with E-state index in [0.29, 0.717) is 6.42 Å². The first-order valence-corrected chi connectivity index (χ1v) is 15.2. The molecule has 0 aromatic carbocycles. The zero-order chi connectivity index (χ0) is 26.9. The van der Waals surface area contributed by atoms with Crippen LogP contribution in [0.3, 0.4) is 0 Å². The highest BCUT2D eigenvalue weighted by Gasteiger charge is 2.25. The van der Waals surface area contributed by atoms with Gasteiger partial charge in [-0.05, 0) is 32.1 Å². The number of allylic oxidation sites excluding steroid dienone is 2. The molecule has 212 valence electrons. The van der Waals surface area contributed by atoms with Gasteiger partial charge in [0.15, 0.2) is 6.10 Å². The predicted octanol–water partition coefficient (Wildman–Crippen LogP) is 5.98. The van der Waals surface area contributed by atoms with Gasteiger partial charge < -0.3 is 20.1 Å². The predicted molar refractivity (Wildman–Crippen MR) is 141 cm³/mol. The standard InChI is InChI=1S/C26H50NO8P/c1-3-5-7-9-10-11-12-13-14-15-17-19-26(29)35-24(23-34-36(30,31)33-21-20-27)22-32-25(28)18-16-8-6-4-2/h9-10,24H,3-8,11-23,27H2,1-2H3,(H,30,31)/b10-9-. The lowest BCUT2D eigenvalue weighted by Crippen LogP contribution is -2.29. The summed E-state index contributed by atoms with van der Waals surface area (Å²) in [6.45, 7) is 3.50. The second-order valence-corrected chi connectivity index (χ2v) is 10.4. The molecular formula is C26H50NO8P. The fourth-order valence-electron chi connectivity index (χ4n) is 3.32. The van der Waals surface area contributed by atoms with E-state index in [1.165, 1.54) is 12.8 Å². The topological polar surface area (TPSA) is 134 Å². The highest BCUT2D eigenvalue weighted by atomic mass is 31.2. The first-order valence-electron chi connectivity index (χ1n) is 13.7. The Labute approximate surface area is 218 Å². The first kappa shape index (κ1) is 34.8. The second kappa shape index (κ2) is 24.1. The maximum Gasteiger partial charge on any atom is 0.472 e. The van der Waals surface area contributed by atoms with Crippen LogP contribution in [0.15, 0.2) is 12.2 Å². The van der Waals surface area contributed by atoms with Crippen molar-refractivity contribution in [3.63, 3.8) is 0 Å². The number of carbonyl (C=O) groups is 2. The molecule has 0 aliphatic carbocycles. The van der Waals surface area contributed by atoms with Gasteiger partial charge in [-0.15, -0.1) is 0 Å². The van der Waals surface area contributed by atoms with E-state index in [-0.39, 0.29) is 32.6 Å². The fraction of sp³-hybridized carbons (Fsp3) is 0.846. The molecule has 0 aromatic heterocycles. The molecule has 0 aliphatic heterocycles. The number of unbranched alkanes of at least 4 members (excludes halogenated alkanes) is 10. The Morgan fingerprint density at radius 2 is 1.39 bits per heavy atom. The lowest BCUT2D eigenvalue weighted by atomic mass is 10.1. The van der Waals surface area contributed by atoms with E-state index in [4.69, 9.17) is 24.3 Å². The number of phosphoric acid groups is 1. The van der Waals surface area contributed by atoms with Crippen LogP contribution in [0.4, 0.5) is 0 Å². The maximum atomic E-state index is 12.3. The monoisotopic (exact) mass is 535 g/mol. The van der Waals surface area contributed by atoms with Crippen molar-refractivity contribution >= 4 is 19.8 Å². The average Bonchev–Trinajstić information content (AvgIpc) is 2.85. The first-order chi connectivity index (χ1) is 17.3. The van der Waals surface area contributed by atoms with Gasteiger partial charge in [0.05, 0.1) is 13.2 Å². The van der Waals surface area contributed by atoms with Crippen molar-refractivity contribution < 1.29 is 37.6 Å². The molecule has 0 saturated carbocycles. The van der Waals surface area contributed by atoms with E-state index in [1.807, 2.05) is 0 Å². The summed E-state index contributed by atoms with van der Waals surface area (Å²) in [5.74, 6) is -0.865. The molecule has 3 N–H and O–H groups in total. The Balaban J connectivity index is 4.35. The highest BCUT2D eigenvalue weighted by molar-refractivity contribution is 7.47. The molecule has 0 rings (SSSR count). The van der Waals surface area contributed by atoms with Gasteiger partial charge in [-0.2, -0.15) is 0 Å². The van der Waals surface area contributed by atoms with Crippen molar-refractivity contribution in [2.24, 2.45) is 5.73 Å². The quantitative estimate of drug-likeness (QED) is 0.0626. The number of hydrogen-bond donors (Lipinski definition) is 2. The van der Waals surface area contributed by atoms with E-state index in [9.17, 15) is 19.0 Å². The van der Waals surface area contributed by atoms with Gasteiger partial charge in [0.25, 0.3) is 0 Å². The third-order valence-corrected chi connectivity index (χ3v) is 6.39. The minimum atomic E-state index is -4.34. The summed E-state index contributed by atoms with van der Waals surface area (Å²) in [7, 11) is -4.34. The van der Waals surface area contributed by atoms with Gasteiger partial charge in [0.1, 0.15) is 6.61 Å². The maximum absolute atomic E-state index is 12.3. The summed E-state index contributed by atoms with van der Waals surface area (Å²) >= 11 is 0. The third-order valence-electron chi connectivity index (χ3n) is 5.40. The van der Waals surface area contributed by atoms with Crippen LogP contribution in [0.25, 0.3) is 0 Å². The van der Waals surface area contributed by atoms with Crippen LogP contribution in [0.2, 0.25) is 0 Å². The van der Waals surface area contributed by atoms with Crippen molar-refractivity contribution in [2.45, 2.75) is 116 Å². The lowest BCUT2D eigenvalue weighted by molar-refractivity contribution is -0.161. The molecule has 0 aromatic rings. The summed E-state index contributed by atoms with van der Waals surface area (Å²) in [6.07, 6.45) is 17.4. The summed E-state index contributed by atoms with van der Waals surface area (Å²) in [6, 6.07) is 0. The molecule has 0 heterocycles. The fourth-order valence-corrected chi connectivity index (χ4v) is 4.08. The number of rotatable bonds is 25. The number of ether oxygens (including phenoxy) is 2.